The third kappa shape index (κ3) is 9.49. The summed E-state index contributed by atoms with van der Waals surface area (Å²) in [7, 11) is 0. The van der Waals surface area contributed by atoms with Crippen molar-refractivity contribution in [3.63, 3.8) is 0 Å². The van der Waals surface area contributed by atoms with Crippen molar-refractivity contribution in [2.45, 2.75) is 119 Å². The van der Waals surface area contributed by atoms with Crippen molar-refractivity contribution in [1.29, 1.82) is 0 Å². The molecule has 1 aliphatic heterocycles. The number of Topliss-reactive ketones (excluding diaryl/α,β-unsaturated/α-hetero) is 1. The van der Waals surface area contributed by atoms with Crippen molar-refractivity contribution in [1.82, 2.24) is 0 Å². The first-order chi connectivity index (χ1) is 31.2. The quantitative estimate of drug-likeness (QED) is 0.0518. The van der Waals surface area contributed by atoms with E-state index in [0.29, 0.717) is 23.9 Å². The first-order valence-electron chi connectivity index (χ1n) is 22.8. The van der Waals surface area contributed by atoms with Gasteiger partial charge in [-0.2, -0.15) is 0 Å². The van der Waals surface area contributed by atoms with Crippen LogP contribution in [0.2, 0.25) is 0 Å². The molecule has 0 aliphatic carbocycles. The van der Waals surface area contributed by atoms with Gasteiger partial charge >= 0.3 is 0 Å². The van der Waals surface area contributed by atoms with E-state index in [4.69, 9.17) is 0 Å². The number of fused-ring (bicyclic) bond motifs is 3. The Morgan fingerprint density at radius 3 is 1.88 bits per heavy atom. The predicted octanol–water partition coefficient (Wildman–Crippen LogP) is 18.5. The lowest BCUT2D eigenvalue weighted by Gasteiger charge is -2.16. The number of carbonyl (C=O) groups is 2. The topological polar surface area (TPSA) is 37.4 Å². The molecule has 340 valence electrons. The summed E-state index contributed by atoms with van der Waals surface area (Å²) >= 11 is 9.48. The van der Waals surface area contributed by atoms with Crippen LogP contribution in [0.15, 0.2) is 60.7 Å². The summed E-state index contributed by atoms with van der Waals surface area (Å²) in [4.78, 5) is 39.5. The molecule has 64 heavy (non-hydrogen) atoms. The molecule has 3 nitrogen and oxygen atoms in total. The fourth-order valence-electron chi connectivity index (χ4n) is 9.01. The molecule has 1 aliphatic rings. The van der Waals surface area contributed by atoms with Crippen LogP contribution in [-0.2, 0) is 19.4 Å². The van der Waals surface area contributed by atoms with Gasteiger partial charge in [0.05, 0.1) is 17.0 Å². The Labute approximate surface area is 410 Å². The standard InChI is InChI=1S/C56H55NO2S5.7H2/c1-8-13-16-17-18-21-46(58)39-22-24-40(25-23-39)57-34-45-36(7)61-55(52(45)56(57)59)49-33-44-51(48-29-27-42(63-48)32-38(12-5)20-15-10-3)53-43(30-35(6)60-53)50(54(44)64-49)47-28-26-41(62-47)31-37(11-4)19-14-9-2;;;;;;;/h22-30,33,37-38H,9-12,14-15,19-20,31-32,34H2,1-7H3;7*1H. The lowest BCUT2D eigenvalue weighted by molar-refractivity contribution is 0.0996. The molecular formula is C56H69NO2S5. The molecule has 0 saturated carbocycles. The van der Waals surface area contributed by atoms with Crippen molar-refractivity contribution >= 4 is 94.2 Å². The number of unbranched alkanes of at least 4 members (excludes halogenated alkanes) is 2. The lowest BCUT2D eigenvalue weighted by Crippen LogP contribution is -2.23. The van der Waals surface area contributed by atoms with Gasteiger partial charge in [0.15, 0.2) is 0 Å². The van der Waals surface area contributed by atoms with Crippen LogP contribution in [0.3, 0.4) is 0 Å². The number of anilines is 1. The summed E-state index contributed by atoms with van der Waals surface area (Å²) in [5.74, 6) is 16.8. The second-order valence-electron chi connectivity index (χ2n) is 17.0. The highest BCUT2D eigenvalue weighted by Gasteiger charge is 2.36. The zero-order chi connectivity index (χ0) is 44.9. The zero-order valence-corrected chi connectivity index (χ0v) is 42.1. The number of hydrogen-bond donors (Lipinski definition) is 0. The second-order valence-corrected chi connectivity index (χ2v) is 22.8. The Bertz CT molecular complexity index is 2960. The Morgan fingerprint density at radius 2 is 1.28 bits per heavy atom. The van der Waals surface area contributed by atoms with E-state index in [1.54, 1.807) is 30.4 Å². The van der Waals surface area contributed by atoms with Crippen LogP contribution in [0, 0.1) is 61.2 Å². The summed E-state index contributed by atoms with van der Waals surface area (Å²) in [6, 6.07) is 21.6. The smallest absolute Gasteiger partial charge is 0.260 e. The van der Waals surface area contributed by atoms with Gasteiger partial charge in [0.1, 0.15) is 0 Å². The maximum atomic E-state index is 14.6. The molecule has 0 saturated heterocycles. The monoisotopic (exact) mass is 947 g/mol. The number of ketones is 1. The first-order valence-corrected chi connectivity index (χ1v) is 26.9. The van der Waals surface area contributed by atoms with Gasteiger partial charge < -0.3 is 4.90 Å². The molecule has 8 rings (SSSR count). The van der Waals surface area contributed by atoms with E-state index in [1.807, 2.05) is 62.4 Å². The molecule has 2 unspecified atom stereocenters. The first kappa shape index (κ1) is 45.8. The van der Waals surface area contributed by atoms with Gasteiger partial charge in [0.25, 0.3) is 5.91 Å². The third-order valence-electron chi connectivity index (χ3n) is 12.6. The fourth-order valence-corrected chi connectivity index (χ4v) is 15.1. The summed E-state index contributed by atoms with van der Waals surface area (Å²) in [5, 5.41) is 2.63. The maximum absolute atomic E-state index is 14.6. The summed E-state index contributed by atoms with van der Waals surface area (Å²) in [5.41, 5.74) is 5.80. The molecular weight excluding hydrogens is 879 g/mol. The van der Waals surface area contributed by atoms with Gasteiger partial charge in [-0.05, 0) is 141 Å². The van der Waals surface area contributed by atoms with Crippen LogP contribution in [-0.4, -0.2) is 11.7 Å². The van der Waals surface area contributed by atoms with E-state index < -0.39 is 0 Å². The number of rotatable bonds is 17. The number of benzene rings is 2. The average molecular weight is 949 g/mol. The van der Waals surface area contributed by atoms with Crippen LogP contribution in [0.25, 0.3) is 50.8 Å². The molecule has 7 aromatic rings. The number of amides is 1. The fraction of sp³-hybridized carbons (Fsp3) is 0.357. The van der Waals surface area contributed by atoms with Gasteiger partial charge in [-0.3, -0.25) is 9.59 Å². The highest BCUT2D eigenvalue weighted by molar-refractivity contribution is 7.28. The molecule has 6 heterocycles. The number of hydrogen-bond acceptors (Lipinski definition) is 7. The number of carbonyl (C=O) groups excluding carboxylic acids is 2. The van der Waals surface area contributed by atoms with E-state index >= 15 is 0 Å². The number of thiophene rings is 5. The summed E-state index contributed by atoms with van der Waals surface area (Å²) < 4.78 is 2.67. The molecule has 0 bridgehead atoms. The normalized spacial score (nSPS) is 13.0. The van der Waals surface area contributed by atoms with Crippen molar-refractivity contribution < 1.29 is 19.6 Å². The Kier molecular flexibility index (Phi) is 14.8. The molecule has 0 radical (unpaired) electrons. The van der Waals surface area contributed by atoms with Crippen molar-refractivity contribution in [2.75, 3.05) is 4.90 Å². The molecule has 0 spiro atoms. The van der Waals surface area contributed by atoms with E-state index in [9.17, 15) is 9.59 Å². The van der Waals surface area contributed by atoms with Crippen LogP contribution in [0.5, 0.6) is 0 Å². The summed E-state index contributed by atoms with van der Waals surface area (Å²) in [6.45, 7) is 15.9. The van der Waals surface area contributed by atoms with Crippen molar-refractivity contribution in [3.05, 3.63) is 96.9 Å². The van der Waals surface area contributed by atoms with Gasteiger partial charge in [-0.25, -0.2) is 0 Å². The predicted molar refractivity (Wildman–Crippen MR) is 296 cm³/mol. The molecule has 2 aromatic carbocycles. The Hall–Kier alpha value is -4.72. The largest absolute Gasteiger partial charge is 0.304 e. The summed E-state index contributed by atoms with van der Waals surface area (Å²) in [6.07, 6.45) is 12.3. The van der Waals surface area contributed by atoms with Crippen LogP contribution in [0.4, 0.5) is 5.69 Å². The maximum Gasteiger partial charge on any atom is 0.260 e. The van der Waals surface area contributed by atoms with E-state index in [2.05, 4.69) is 113 Å². The number of aryl methyl sites for hydroxylation is 2. The van der Waals surface area contributed by atoms with Gasteiger partial charge in [-0.1, -0.05) is 85.0 Å². The zero-order valence-electron chi connectivity index (χ0n) is 38.0. The van der Waals surface area contributed by atoms with Gasteiger partial charge in [0, 0.05) is 86.7 Å². The Morgan fingerprint density at radius 1 is 0.688 bits per heavy atom. The highest BCUT2D eigenvalue weighted by atomic mass is 32.1. The highest BCUT2D eigenvalue weighted by Crippen LogP contribution is 2.55. The lowest BCUT2D eigenvalue weighted by atomic mass is 9.95. The number of nitrogens with zero attached hydrogens (tertiary/aromatic N) is 1. The Balaban J connectivity index is 0.00000360. The van der Waals surface area contributed by atoms with Crippen molar-refractivity contribution in [3.8, 4) is 66.2 Å². The molecule has 0 N–H and O–H groups in total. The minimum atomic E-state index is -0.319. The van der Waals surface area contributed by atoms with E-state index in [-0.39, 0.29) is 21.7 Å². The molecule has 2 atom stereocenters. The van der Waals surface area contributed by atoms with E-state index in [0.717, 1.165) is 39.4 Å². The minimum absolute atomic E-state index is 0. The average Bonchev–Trinajstić information content (AvgIpc) is 4.17. The van der Waals surface area contributed by atoms with Gasteiger partial charge in [-0.15, -0.1) is 56.7 Å². The van der Waals surface area contributed by atoms with Crippen molar-refractivity contribution in [2.24, 2.45) is 11.8 Å². The molecule has 1 amide bonds. The van der Waals surface area contributed by atoms with Crippen LogP contribution < -0.4 is 4.90 Å². The van der Waals surface area contributed by atoms with Gasteiger partial charge in [0.2, 0.25) is 5.78 Å². The second kappa shape index (κ2) is 20.6. The molecule has 0 fully saturated rings. The molecule has 8 heteroatoms. The molecule has 5 aromatic heterocycles. The SMILES string of the molecule is CC#CC#CC#CC(=O)c1ccc(N2Cc3c(C)sc(-c4cc5c(-c6ccc(CC(CC)CCCC)s6)c6sc(C)cc6c(-c6ccc(CC(CC)CCCC)s6)c5s4)c3C2=O)cc1.[HH].[HH].[HH].[HH].[HH].[HH].[HH]. The minimum Gasteiger partial charge on any atom is -0.304 e. The van der Waals surface area contributed by atoms with Crippen LogP contribution in [0.1, 0.15) is 142 Å². The van der Waals surface area contributed by atoms with E-state index in [1.165, 1.54) is 112 Å². The third-order valence-corrected chi connectivity index (χ3v) is 18.4. The van der Waals surface area contributed by atoms with Crippen LogP contribution >= 0.6 is 56.7 Å².